The van der Waals surface area contributed by atoms with Crippen molar-refractivity contribution in [1.29, 1.82) is 0 Å². The van der Waals surface area contributed by atoms with Gasteiger partial charge >= 0.3 is 0 Å². The van der Waals surface area contributed by atoms with E-state index in [1.807, 2.05) is 37.3 Å². The van der Waals surface area contributed by atoms with Crippen molar-refractivity contribution in [2.75, 3.05) is 5.43 Å². The summed E-state index contributed by atoms with van der Waals surface area (Å²) in [4.78, 5) is 4.05. The molecule has 0 amide bonds. The van der Waals surface area contributed by atoms with Crippen molar-refractivity contribution in [3.05, 3.63) is 52.1 Å². The number of hydrogen-bond donors (Lipinski definition) is 2. The SMILES string of the molecule is Cc1ccc(Br)cc1OCc1ccnc(NN)c1. The van der Waals surface area contributed by atoms with Crippen LogP contribution in [0.15, 0.2) is 41.0 Å². The first-order valence-corrected chi connectivity index (χ1v) is 6.29. The van der Waals surface area contributed by atoms with Crippen LogP contribution in [0.4, 0.5) is 5.82 Å². The van der Waals surface area contributed by atoms with E-state index < -0.39 is 0 Å². The number of anilines is 1. The number of ether oxygens (including phenoxy) is 1. The number of rotatable bonds is 4. The lowest BCUT2D eigenvalue weighted by Crippen LogP contribution is -2.09. The van der Waals surface area contributed by atoms with Crippen molar-refractivity contribution in [3.8, 4) is 5.75 Å². The molecule has 0 atom stereocenters. The fraction of sp³-hybridized carbons (Fsp3) is 0.154. The van der Waals surface area contributed by atoms with Crippen LogP contribution in [-0.4, -0.2) is 4.98 Å². The second-order valence-electron chi connectivity index (χ2n) is 3.89. The quantitative estimate of drug-likeness (QED) is 0.673. The summed E-state index contributed by atoms with van der Waals surface area (Å²) in [6.45, 7) is 2.50. The fourth-order valence-electron chi connectivity index (χ4n) is 1.53. The Morgan fingerprint density at radius 2 is 2.17 bits per heavy atom. The Kier molecular flexibility index (Phi) is 4.17. The molecule has 0 aliphatic rings. The number of halogens is 1. The van der Waals surface area contributed by atoms with E-state index in [1.165, 1.54) is 0 Å². The number of nitrogens with one attached hydrogen (secondary N) is 1. The molecule has 0 bridgehead atoms. The number of aryl methyl sites for hydroxylation is 1. The first-order chi connectivity index (χ1) is 8.69. The van der Waals surface area contributed by atoms with Gasteiger partial charge in [0.1, 0.15) is 18.2 Å². The minimum absolute atomic E-state index is 0.481. The van der Waals surface area contributed by atoms with E-state index in [0.29, 0.717) is 12.4 Å². The maximum absolute atomic E-state index is 5.78. The molecule has 3 N–H and O–H groups in total. The van der Waals surface area contributed by atoms with E-state index in [2.05, 4.69) is 26.3 Å². The molecule has 0 spiro atoms. The third kappa shape index (κ3) is 3.21. The smallest absolute Gasteiger partial charge is 0.140 e. The summed E-state index contributed by atoms with van der Waals surface area (Å²) in [5.74, 6) is 6.80. The van der Waals surface area contributed by atoms with Gasteiger partial charge < -0.3 is 10.2 Å². The van der Waals surface area contributed by atoms with E-state index in [4.69, 9.17) is 10.6 Å². The van der Waals surface area contributed by atoms with Gasteiger partial charge in [-0.05, 0) is 42.3 Å². The summed E-state index contributed by atoms with van der Waals surface area (Å²) in [7, 11) is 0. The second-order valence-corrected chi connectivity index (χ2v) is 4.81. The zero-order chi connectivity index (χ0) is 13.0. The number of nitrogens with two attached hydrogens (primary N) is 1. The maximum atomic E-state index is 5.78. The molecule has 0 unspecified atom stereocenters. The number of nitrogens with zero attached hydrogens (tertiary/aromatic N) is 1. The Morgan fingerprint density at radius 3 is 2.94 bits per heavy atom. The standard InChI is InChI=1S/C13H14BrN3O/c1-9-2-3-11(14)7-12(9)18-8-10-4-5-16-13(6-10)17-15/h2-7H,8,15H2,1H3,(H,16,17). The number of benzene rings is 1. The lowest BCUT2D eigenvalue weighted by molar-refractivity contribution is 0.304. The summed E-state index contributed by atoms with van der Waals surface area (Å²) in [6, 6.07) is 9.71. The number of pyridine rings is 1. The highest BCUT2D eigenvalue weighted by molar-refractivity contribution is 9.10. The third-order valence-electron chi connectivity index (χ3n) is 2.52. The highest BCUT2D eigenvalue weighted by atomic mass is 79.9. The van der Waals surface area contributed by atoms with E-state index in [9.17, 15) is 0 Å². The van der Waals surface area contributed by atoms with Crippen molar-refractivity contribution >= 4 is 21.7 Å². The molecule has 0 aliphatic heterocycles. The number of hydrazine groups is 1. The average Bonchev–Trinajstić information content (AvgIpc) is 2.40. The molecule has 0 aliphatic carbocycles. The molecule has 18 heavy (non-hydrogen) atoms. The zero-order valence-electron chi connectivity index (χ0n) is 9.98. The lowest BCUT2D eigenvalue weighted by atomic mass is 10.2. The predicted octanol–water partition coefficient (Wildman–Crippen LogP) is 3.02. The van der Waals surface area contributed by atoms with E-state index >= 15 is 0 Å². The molecular weight excluding hydrogens is 294 g/mol. The normalized spacial score (nSPS) is 10.2. The largest absolute Gasteiger partial charge is 0.489 e. The van der Waals surface area contributed by atoms with Crippen molar-refractivity contribution in [3.63, 3.8) is 0 Å². The van der Waals surface area contributed by atoms with Crippen LogP contribution in [-0.2, 0) is 6.61 Å². The minimum Gasteiger partial charge on any atom is -0.489 e. The summed E-state index contributed by atoms with van der Waals surface area (Å²) in [5.41, 5.74) is 4.62. The number of aromatic nitrogens is 1. The topological polar surface area (TPSA) is 60.2 Å². The van der Waals surface area contributed by atoms with Gasteiger partial charge in [-0.25, -0.2) is 10.8 Å². The number of hydrogen-bond acceptors (Lipinski definition) is 4. The summed E-state index contributed by atoms with van der Waals surface area (Å²) >= 11 is 3.43. The predicted molar refractivity (Wildman–Crippen MR) is 75.3 cm³/mol. The lowest BCUT2D eigenvalue weighted by Gasteiger charge is -2.10. The highest BCUT2D eigenvalue weighted by Gasteiger charge is 2.02. The fourth-order valence-corrected chi connectivity index (χ4v) is 1.87. The highest BCUT2D eigenvalue weighted by Crippen LogP contribution is 2.23. The molecule has 4 nitrogen and oxygen atoms in total. The zero-order valence-corrected chi connectivity index (χ0v) is 11.6. The van der Waals surface area contributed by atoms with Crippen LogP contribution >= 0.6 is 15.9 Å². The van der Waals surface area contributed by atoms with Gasteiger partial charge in [0, 0.05) is 10.7 Å². The van der Waals surface area contributed by atoms with Crippen LogP contribution in [0, 0.1) is 6.92 Å². The first-order valence-electron chi connectivity index (χ1n) is 5.49. The third-order valence-corrected chi connectivity index (χ3v) is 3.01. The molecular formula is C13H14BrN3O. The molecule has 2 rings (SSSR count). The van der Waals surface area contributed by atoms with Gasteiger partial charge in [-0.15, -0.1) is 0 Å². The van der Waals surface area contributed by atoms with E-state index in [0.717, 1.165) is 21.3 Å². The Morgan fingerprint density at radius 1 is 1.33 bits per heavy atom. The van der Waals surface area contributed by atoms with Gasteiger partial charge in [-0.3, -0.25) is 0 Å². The Hall–Kier alpha value is -1.59. The molecule has 1 heterocycles. The van der Waals surface area contributed by atoms with E-state index in [-0.39, 0.29) is 0 Å². The maximum Gasteiger partial charge on any atom is 0.140 e. The molecule has 1 aromatic carbocycles. The van der Waals surface area contributed by atoms with Crippen molar-refractivity contribution < 1.29 is 4.74 Å². The summed E-state index contributed by atoms with van der Waals surface area (Å²) in [5, 5.41) is 0. The Bertz CT molecular complexity index is 546. The first kappa shape index (κ1) is 12.9. The van der Waals surface area contributed by atoms with Gasteiger partial charge in [0.05, 0.1) is 0 Å². The van der Waals surface area contributed by atoms with Crippen molar-refractivity contribution in [1.82, 2.24) is 4.98 Å². The van der Waals surface area contributed by atoms with Crippen LogP contribution in [0.5, 0.6) is 5.75 Å². The minimum atomic E-state index is 0.481. The van der Waals surface area contributed by atoms with Gasteiger partial charge in [0.2, 0.25) is 0 Å². The van der Waals surface area contributed by atoms with Gasteiger partial charge in [-0.2, -0.15) is 0 Å². The van der Waals surface area contributed by atoms with Gasteiger partial charge in [0.15, 0.2) is 0 Å². The molecule has 94 valence electrons. The van der Waals surface area contributed by atoms with Crippen molar-refractivity contribution in [2.24, 2.45) is 5.84 Å². The van der Waals surface area contributed by atoms with Gasteiger partial charge in [0.25, 0.3) is 0 Å². The summed E-state index contributed by atoms with van der Waals surface area (Å²) in [6.07, 6.45) is 1.70. The second kappa shape index (κ2) is 5.84. The average molecular weight is 308 g/mol. The number of nitrogen functional groups attached to an aromatic ring is 1. The van der Waals surface area contributed by atoms with Crippen LogP contribution in [0.25, 0.3) is 0 Å². The molecule has 0 saturated heterocycles. The van der Waals surface area contributed by atoms with Crippen LogP contribution < -0.4 is 16.0 Å². The molecule has 0 fully saturated rings. The van der Waals surface area contributed by atoms with Crippen LogP contribution in [0.2, 0.25) is 0 Å². The molecule has 0 radical (unpaired) electrons. The van der Waals surface area contributed by atoms with Crippen LogP contribution in [0.3, 0.4) is 0 Å². The molecule has 5 heteroatoms. The molecule has 1 aromatic heterocycles. The van der Waals surface area contributed by atoms with Crippen LogP contribution in [0.1, 0.15) is 11.1 Å². The molecule has 0 saturated carbocycles. The monoisotopic (exact) mass is 307 g/mol. The van der Waals surface area contributed by atoms with E-state index in [1.54, 1.807) is 6.20 Å². The Balaban J connectivity index is 2.08. The van der Waals surface area contributed by atoms with Crippen molar-refractivity contribution in [2.45, 2.75) is 13.5 Å². The summed E-state index contributed by atoms with van der Waals surface area (Å²) < 4.78 is 6.78. The molecule has 2 aromatic rings. The Labute approximate surface area is 114 Å². The van der Waals surface area contributed by atoms with Gasteiger partial charge in [-0.1, -0.05) is 22.0 Å².